The van der Waals surface area contributed by atoms with Gasteiger partial charge in [-0.05, 0) is 79.1 Å². The second-order valence-corrected chi connectivity index (χ2v) is 9.38. The number of phenolic OH excluding ortho intramolecular Hbond substituents is 1. The third-order valence-electron chi connectivity index (χ3n) is 6.78. The lowest BCUT2D eigenvalue weighted by Crippen LogP contribution is -2.05. The highest BCUT2D eigenvalue weighted by Crippen LogP contribution is 2.45. The summed E-state index contributed by atoms with van der Waals surface area (Å²) >= 11 is 0. The number of aromatic carboxylic acids is 1. The Bertz CT molecular complexity index is 1880. The first kappa shape index (κ1) is 27.4. The van der Waals surface area contributed by atoms with Crippen molar-refractivity contribution < 1.29 is 37.7 Å². The summed E-state index contributed by atoms with van der Waals surface area (Å²) in [4.78, 5) is 11.1. The van der Waals surface area contributed by atoms with E-state index in [9.17, 15) is 32.6 Å². The van der Waals surface area contributed by atoms with E-state index < -0.39 is 40.7 Å². The van der Waals surface area contributed by atoms with Gasteiger partial charge in [-0.15, -0.1) is 10.2 Å². The molecule has 3 N–H and O–H groups in total. The largest absolute Gasteiger partial charge is 0.505 e. The van der Waals surface area contributed by atoms with Crippen LogP contribution in [0.3, 0.4) is 0 Å². The Morgan fingerprint density at radius 2 is 1.63 bits per heavy atom. The first-order valence-electron chi connectivity index (χ1n) is 12.2. The van der Waals surface area contributed by atoms with Crippen molar-refractivity contribution in [2.75, 3.05) is 0 Å². The second-order valence-electron chi connectivity index (χ2n) is 9.38. The van der Waals surface area contributed by atoms with Gasteiger partial charge in [0, 0.05) is 16.6 Å². The number of phenols is 1. The van der Waals surface area contributed by atoms with Crippen LogP contribution in [0.5, 0.6) is 11.6 Å². The van der Waals surface area contributed by atoms with Gasteiger partial charge in [-0.2, -0.15) is 13.2 Å². The number of carboxylic acids is 1. The van der Waals surface area contributed by atoms with E-state index in [2.05, 4.69) is 10.2 Å². The first-order chi connectivity index (χ1) is 19.4. The van der Waals surface area contributed by atoms with E-state index in [4.69, 9.17) is 5.11 Å². The number of carbonyl (C=O) groups is 1. The van der Waals surface area contributed by atoms with Crippen molar-refractivity contribution in [3.05, 3.63) is 101 Å². The molecule has 0 amide bonds. The monoisotopic (exact) mass is 563 g/mol. The summed E-state index contributed by atoms with van der Waals surface area (Å²) in [5, 5.41) is 39.4. The molecule has 11 heteroatoms. The van der Waals surface area contributed by atoms with Gasteiger partial charge in [-0.1, -0.05) is 24.3 Å². The number of aromatic hydroxyl groups is 2. The lowest BCUT2D eigenvalue weighted by Gasteiger charge is -2.11. The van der Waals surface area contributed by atoms with Crippen molar-refractivity contribution in [3.63, 3.8) is 0 Å². The quantitative estimate of drug-likeness (QED) is 0.147. The van der Waals surface area contributed by atoms with Crippen LogP contribution in [0, 0.1) is 19.7 Å². The Labute approximate surface area is 230 Å². The number of rotatable bonds is 5. The zero-order valence-electron chi connectivity index (χ0n) is 21.5. The molecule has 7 nitrogen and oxygen atoms in total. The van der Waals surface area contributed by atoms with Crippen LogP contribution in [0.25, 0.3) is 27.7 Å². The van der Waals surface area contributed by atoms with Crippen LogP contribution < -0.4 is 0 Å². The smallest absolute Gasteiger partial charge is 0.416 e. The van der Waals surface area contributed by atoms with E-state index in [1.807, 2.05) is 13.8 Å². The highest BCUT2D eigenvalue weighted by Gasteiger charge is 2.32. The van der Waals surface area contributed by atoms with Crippen molar-refractivity contribution in [3.8, 4) is 28.4 Å². The maximum Gasteiger partial charge on any atom is 0.416 e. The lowest BCUT2D eigenvalue weighted by molar-refractivity contribution is -0.137. The topological polar surface area (TPSA) is 107 Å². The Balaban J connectivity index is 1.64. The molecule has 0 atom stereocenters. The average Bonchev–Trinajstić information content (AvgIpc) is 3.19. The minimum atomic E-state index is -4.63. The number of hydrogen-bond donors (Lipinski definition) is 3. The summed E-state index contributed by atoms with van der Waals surface area (Å²) in [5.74, 6) is -3.31. The van der Waals surface area contributed by atoms with Crippen LogP contribution in [-0.2, 0) is 6.18 Å². The molecule has 5 rings (SSSR count). The van der Waals surface area contributed by atoms with Gasteiger partial charge in [0.2, 0.25) is 5.88 Å². The third-order valence-corrected chi connectivity index (χ3v) is 6.78. The maximum absolute atomic E-state index is 14.3. The fourth-order valence-electron chi connectivity index (χ4n) is 4.46. The maximum atomic E-state index is 14.3. The number of aromatic nitrogens is 1. The summed E-state index contributed by atoms with van der Waals surface area (Å²) in [6, 6.07) is 15.8. The van der Waals surface area contributed by atoms with Crippen molar-refractivity contribution >= 4 is 28.2 Å². The minimum absolute atomic E-state index is 0.0431. The zero-order chi connectivity index (χ0) is 29.6. The fraction of sp³-hybridized carbons (Fsp3) is 0.100. The van der Waals surface area contributed by atoms with E-state index in [0.29, 0.717) is 5.69 Å². The van der Waals surface area contributed by atoms with Gasteiger partial charge in [0.1, 0.15) is 11.5 Å². The number of nitrogens with zero attached hydrogens (tertiary/aromatic N) is 3. The number of aryl methyl sites for hydroxylation is 2. The van der Waals surface area contributed by atoms with Gasteiger partial charge >= 0.3 is 12.1 Å². The predicted octanol–water partition coefficient (Wildman–Crippen LogP) is 8.60. The normalized spacial score (nSPS) is 12.0. The number of alkyl halides is 3. The van der Waals surface area contributed by atoms with Crippen LogP contribution in [-0.4, -0.2) is 25.9 Å². The van der Waals surface area contributed by atoms with Crippen molar-refractivity contribution in [2.45, 2.75) is 20.0 Å². The van der Waals surface area contributed by atoms with Gasteiger partial charge in [0.25, 0.3) is 0 Å². The Hall–Kier alpha value is -5.19. The van der Waals surface area contributed by atoms with Crippen LogP contribution in [0.1, 0.15) is 27.0 Å². The number of halogens is 4. The number of para-hydroxylation sites is 1. The van der Waals surface area contributed by atoms with Gasteiger partial charge in [0.05, 0.1) is 16.6 Å². The van der Waals surface area contributed by atoms with Gasteiger partial charge in [-0.25, -0.2) is 9.18 Å². The highest BCUT2D eigenvalue weighted by molar-refractivity contribution is 5.97. The Morgan fingerprint density at radius 1 is 0.878 bits per heavy atom. The van der Waals surface area contributed by atoms with Crippen molar-refractivity contribution in [1.29, 1.82) is 0 Å². The van der Waals surface area contributed by atoms with E-state index >= 15 is 0 Å². The molecule has 0 bridgehead atoms. The van der Waals surface area contributed by atoms with Crippen LogP contribution in [0.4, 0.5) is 28.9 Å². The zero-order valence-corrected chi connectivity index (χ0v) is 21.5. The Morgan fingerprint density at radius 3 is 2.29 bits per heavy atom. The number of hydrogen-bond acceptors (Lipinski definition) is 5. The number of benzene rings is 4. The molecule has 1 heterocycles. The average molecular weight is 564 g/mol. The molecule has 5 aromatic rings. The van der Waals surface area contributed by atoms with E-state index in [1.54, 1.807) is 18.2 Å². The number of azo groups is 1. The fourth-order valence-corrected chi connectivity index (χ4v) is 4.46. The highest BCUT2D eigenvalue weighted by atomic mass is 19.4. The Kier molecular flexibility index (Phi) is 6.74. The summed E-state index contributed by atoms with van der Waals surface area (Å²) in [6.07, 6.45) is -4.63. The third kappa shape index (κ3) is 4.97. The molecular formula is C30H21F4N3O4. The molecule has 0 radical (unpaired) electrons. The van der Waals surface area contributed by atoms with Gasteiger partial charge in [-0.3, -0.25) is 4.57 Å². The van der Waals surface area contributed by atoms with Crippen LogP contribution in [0.15, 0.2) is 83.0 Å². The molecule has 0 unspecified atom stereocenters. The molecule has 41 heavy (non-hydrogen) atoms. The van der Waals surface area contributed by atoms with Crippen molar-refractivity contribution in [1.82, 2.24) is 4.57 Å². The minimum Gasteiger partial charge on any atom is -0.505 e. The second kappa shape index (κ2) is 10.1. The summed E-state index contributed by atoms with van der Waals surface area (Å²) in [7, 11) is 0. The number of carboxylic acid groups (broad SMARTS) is 1. The molecule has 1 aromatic heterocycles. The summed E-state index contributed by atoms with van der Waals surface area (Å²) in [6.45, 7) is 3.71. The lowest BCUT2D eigenvalue weighted by atomic mass is 10.0. The molecule has 208 valence electrons. The summed E-state index contributed by atoms with van der Waals surface area (Å²) in [5.41, 5.74) is 0.912. The van der Waals surface area contributed by atoms with E-state index in [1.165, 1.54) is 34.9 Å². The molecule has 0 aliphatic heterocycles. The molecule has 0 aliphatic carbocycles. The van der Waals surface area contributed by atoms with E-state index in [0.717, 1.165) is 35.4 Å². The van der Waals surface area contributed by atoms with Gasteiger partial charge < -0.3 is 15.3 Å². The first-order valence-corrected chi connectivity index (χ1v) is 12.2. The molecule has 0 aliphatic rings. The molecule has 0 saturated heterocycles. The molecular weight excluding hydrogens is 542 g/mol. The SMILES string of the molecule is Cc1ccc(-n2c(O)c(N=Nc3cccc(-c4ccc(C(=O)O)c(F)c4)c3O)c3ccc(C(F)(F)F)cc32)cc1C. The molecule has 0 spiro atoms. The van der Waals surface area contributed by atoms with Crippen LogP contribution in [0.2, 0.25) is 0 Å². The molecule has 0 saturated carbocycles. The van der Waals surface area contributed by atoms with Gasteiger partial charge in [0.15, 0.2) is 11.4 Å². The molecule has 4 aromatic carbocycles. The summed E-state index contributed by atoms with van der Waals surface area (Å²) < 4.78 is 56.2. The molecule has 0 fully saturated rings. The van der Waals surface area contributed by atoms with Crippen molar-refractivity contribution in [2.24, 2.45) is 10.2 Å². The predicted molar refractivity (Wildman–Crippen MR) is 144 cm³/mol. The van der Waals surface area contributed by atoms with Crippen LogP contribution >= 0.6 is 0 Å². The standard InChI is InChI=1S/C30H21F4N3O4/c1-15-6-9-19(12-16(15)2)37-25-14-18(30(32,33)34)8-11-22(25)26(28(37)39)36-35-24-5-3-4-20(27(24)38)17-7-10-21(29(40)41)23(31)13-17/h3-14,38-39H,1-2H3,(H,40,41). The number of fused-ring (bicyclic) bond motifs is 1. The van der Waals surface area contributed by atoms with E-state index in [-0.39, 0.29) is 33.4 Å².